The lowest BCUT2D eigenvalue weighted by molar-refractivity contribution is -0.116. The first kappa shape index (κ1) is 18.5. The van der Waals surface area contributed by atoms with Gasteiger partial charge in [-0.2, -0.15) is 0 Å². The van der Waals surface area contributed by atoms with E-state index in [-0.39, 0.29) is 18.3 Å². The van der Waals surface area contributed by atoms with Crippen molar-refractivity contribution in [2.75, 3.05) is 11.9 Å². The fourth-order valence-corrected chi connectivity index (χ4v) is 2.60. The molecule has 0 saturated carbocycles. The predicted octanol–water partition coefficient (Wildman–Crippen LogP) is 3.11. The van der Waals surface area contributed by atoms with Gasteiger partial charge in [-0.25, -0.2) is 13.8 Å². The number of halogens is 3. The summed E-state index contributed by atoms with van der Waals surface area (Å²) in [6.07, 6.45) is 2.84. The number of anilines is 1. The van der Waals surface area contributed by atoms with Crippen molar-refractivity contribution < 1.29 is 13.6 Å². The van der Waals surface area contributed by atoms with Crippen LogP contribution in [0.25, 0.3) is 0 Å². The van der Waals surface area contributed by atoms with Crippen LogP contribution in [0, 0.1) is 11.6 Å². The minimum Gasteiger partial charge on any atom is -0.330 e. The van der Waals surface area contributed by atoms with E-state index in [1.165, 1.54) is 23.5 Å². The van der Waals surface area contributed by atoms with Crippen molar-refractivity contribution in [1.82, 2.24) is 4.98 Å². The molecule has 0 spiro atoms. The number of aromatic nitrogens is 1. The van der Waals surface area contributed by atoms with Crippen LogP contribution in [0.4, 0.5) is 13.9 Å². The maximum atomic E-state index is 13.6. The summed E-state index contributed by atoms with van der Waals surface area (Å²) in [6.45, 7) is 0.459. The first-order valence-corrected chi connectivity index (χ1v) is 7.28. The van der Waals surface area contributed by atoms with E-state index >= 15 is 0 Å². The monoisotopic (exact) mass is 347 g/mol. The second kappa shape index (κ2) is 8.77. The molecular weight excluding hydrogens is 332 g/mol. The van der Waals surface area contributed by atoms with Crippen molar-refractivity contribution >= 4 is 34.8 Å². The van der Waals surface area contributed by atoms with Crippen molar-refractivity contribution in [2.45, 2.75) is 19.3 Å². The molecule has 1 aromatic carbocycles. The predicted molar refractivity (Wildman–Crippen MR) is 85.4 cm³/mol. The summed E-state index contributed by atoms with van der Waals surface area (Å²) >= 11 is 1.27. The highest BCUT2D eigenvalue weighted by molar-refractivity contribution is 7.15. The van der Waals surface area contributed by atoms with Crippen molar-refractivity contribution in [3.8, 4) is 0 Å². The van der Waals surface area contributed by atoms with Gasteiger partial charge in [0, 0.05) is 30.0 Å². The highest BCUT2D eigenvalue weighted by Crippen LogP contribution is 2.22. The molecule has 22 heavy (non-hydrogen) atoms. The Labute approximate surface area is 137 Å². The van der Waals surface area contributed by atoms with Crippen LogP contribution >= 0.6 is 23.7 Å². The molecule has 0 fully saturated rings. The van der Waals surface area contributed by atoms with Crippen molar-refractivity contribution in [3.63, 3.8) is 0 Å². The SMILES string of the molecule is Cl.NCCCC(=O)Nc1ncc(Cc2ccc(F)cc2F)s1. The number of carbonyl (C=O) groups is 1. The number of nitrogens with two attached hydrogens (primary N) is 1. The highest BCUT2D eigenvalue weighted by atomic mass is 35.5. The summed E-state index contributed by atoms with van der Waals surface area (Å²) in [6, 6.07) is 3.48. The van der Waals surface area contributed by atoms with Crippen LogP contribution in [0.2, 0.25) is 0 Å². The Balaban J connectivity index is 0.00000242. The molecule has 3 N–H and O–H groups in total. The molecule has 8 heteroatoms. The van der Waals surface area contributed by atoms with Crippen LogP contribution in [0.3, 0.4) is 0 Å². The molecule has 2 aromatic rings. The van der Waals surface area contributed by atoms with Crippen LogP contribution in [0.1, 0.15) is 23.3 Å². The van der Waals surface area contributed by atoms with Crippen molar-refractivity contribution in [1.29, 1.82) is 0 Å². The molecule has 0 saturated heterocycles. The normalized spacial score (nSPS) is 10.1. The Hall–Kier alpha value is -1.57. The molecule has 1 heterocycles. The zero-order valence-corrected chi connectivity index (χ0v) is 13.3. The average molecular weight is 348 g/mol. The molecule has 0 unspecified atom stereocenters. The minimum absolute atomic E-state index is 0. The van der Waals surface area contributed by atoms with E-state index in [1.807, 2.05) is 0 Å². The van der Waals surface area contributed by atoms with Crippen LogP contribution in [-0.4, -0.2) is 17.4 Å². The van der Waals surface area contributed by atoms with Crippen LogP contribution in [0.5, 0.6) is 0 Å². The number of carbonyl (C=O) groups excluding carboxylic acids is 1. The van der Waals surface area contributed by atoms with Crippen molar-refractivity contribution in [2.24, 2.45) is 5.73 Å². The van der Waals surface area contributed by atoms with E-state index in [0.29, 0.717) is 36.5 Å². The van der Waals surface area contributed by atoms with Gasteiger partial charge < -0.3 is 11.1 Å². The third kappa shape index (κ3) is 5.32. The first-order chi connectivity index (χ1) is 10.1. The van der Waals surface area contributed by atoms with Gasteiger partial charge in [0.15, 0.2) is 5.13 Å². The number of amides is 1. The lowest BCUT2D eigenvalue weighted by atomic mass is 10.1. The Morgan fingerprint density at radius 2 is 2.14 bits per heavy atom. The van der Waals surface area contributed by atoms with Gasteiger partial charge >= 0.3 is 0 Å². The lowest BCUT2D eigenvalue weighted by Crippen LogP contribution is -2.13. The summed E-state index contributed by atoms with van der Waals surface area (Å²) in [4.78, 5) is 16.4. The number of nitrogens with zero attached hydrogens (tertiary/aromatic N) is 1. The molecule has 0 radical (unpaired) electrons. The van der Waals surface area contributed by atoms with Crippen LogP contribution in [-0.2, 0) is 11.2 Å². The third-order valence-electron chi connectivity index (χ3n) is 2.79. The second-order valence-corrected chi connectivity index (χ2v) is 5.60. The summed E-state index contributed by atoms with van der Waals surface area (Å²) in [7, 11) is 0. The number of hydrogen-bond acceptors (Lipinski definition) is 4. The molecular formula is C14H16ClF2N3OS. The van der Waals surface area contributed by atoms with E-state index < -0.39 is 11.6 Å². The van der Waals surface area contributed by atoms with Gasteiger partial charge in [0.2, 0.25) is 5.91 Å². The first-order valence-electron chi connectivity index (χ1n) is 6.47. The number of thiazole rings is 1. The fourth-order valence-electron chi connectivity index (χ4n) is 1.74. The van der Waals surface area contributed by atoms with Gasteiger partial charge in [-0.1, -0.05) is 6.07 Å². The van der Waals surface area contributed by atoms with Crippen LogP contribution < -0.4 is 11.1 Å². The van der Waals surface area contributed by atoms with E-state index in [9.17, 15) is 13.6 Å². The number of rotatable bonds is 6. The molecule has 2 rings (SSSR count). The molecule has 0 atom stereocenters. The van der Waals surface area contributed by atoms with Gasteiger partial charge in [-0.3, -0.25) is 4.79 Å². The van der Waals surface area contributed by atoms with Gasteiger partial charge in [0.25, 0.3) is 0 Å². The zero-order valence-electron chi connectivity index (χ0n) is 11.6. The molecule has 1 amide bonds. The Kier molecular flexibility index (Phi) is 7.37. The van der Waals surface area contributed by atoms with Crippen LogP contribution in [0.15, 0.2) is 24.4 Å². The largest absolute Gasteiger partial charge is 0.330 e. The highest BCUT2D eigenvalue weighted by Gasteiger charge is 2.09. The zero-order chi connectivity index (χ0) is 15.2. The van der Waals surface area contributed by atoms with Crippen molar-refractivity contribution in [3.05, 3.63) is 46.5 Å². The quantitative estimate of drug-likeness (QED) is 0.843. The maximum Gasteiger partial charge on any atom is 0.226 e. The molecule has 0 aliphatic carbocycles. The minimum atomic E-state index is -0.603. The maximum absolute atomic E-state index is 13.6. The standard InChI is InChI=1S/C14H15F2N3OS.ClH/c15-10-4-3-9(12(16)7-10)6-11-8-18-14(21-11)19-13(20)2-1-5-17;/h3-4,7-8H,1-2,5-6,17H2,(H,18,19,20);1H. The van der Waals surface area contributed by atoms with Gasteiger partial charge in [-0.15, -0.1) is 23.7 Å². The van der Waals surface area contributed by atoms with E-state index in [1.54, 1.807) is 6.20 Å². The summed E-state index contributed by atoms with van der Waals surface area (Å²) < 4.78 is 26.4. The van der Waals surface area contributed by atoms with Gasteiger partial charge in [0.1, 0.15) is 11.6 Å². The van der Waals surface area contributed by atoms with E-state index in [2.05, 4.69) is 10.3 Å². The van der Waals surface area contributed by atoms with Gasteiger partial charge in [-0.05, 0) is 24.6 Å². The number of hydrogen-bond donors (Lipinski definition) is 2. The molecule has 0 aliphatic rings. The Bertz CT molecular complexity index is 636. The number of nitrogens with one attached hydrogen (secondary N) is 1. The molecule has 4 nitrogen and oxygen atoms in total. The molecule has 120 valence electrons. The van der Waals surface area contributed by atoms with E-state index in [0.717, 1.165) is 10.9 Å². The van der Waals surface area contributed by atoms with E-state index in [4.69, 9.17) is 5.73 Å². The molecule has 1 aromatic heterocycles. The second-order valence-electron chi connectivity index (χ2n) is 4.48. The summed E-state index contributed by atoms with van der Waals surface area (Å²) in [5.41, 5.74) is 5.72. The Morgan fingerprint density at radius 1 is 1.36 bits per heavy atom. The topological polar surface area (TPSA) is 68.0 Å². The summed E-state index contributed by atoms with van der Waals surface area (Å²) in [5, 5.41) is 3.13. The average Bonchev–Trinajstić information content (AvgIpc) is 2.87. The molecule has 0 aliphatic heterocycles. The molecule has 0 bridgehead atoms. The fraction of sp³-hybridized carbons (Fsp3) is 0.286. The lowest BCUT2D eigenvalue weighted by Gasteiger charge is -2.01. The Morgan fingerprint density at radius 3 is 2.82 bits per heavy atom. The third-order valence-corrected chi connectivity index (χ3v) is 3.70. The number of benzene rings is 1. The summed E-state index contributed by atoms with van der Waals surface area (Å²) in [5.74, 6) is -1.33. The smallest absolute Gasteiger partial charge is 0.226 e. The van der Waals surface area contributed by atoms with Gasteiger partial charge in [0.05, 0.1) is 0 Å².